The molecule has 0 spiro atoms. The number of alkyl halides is 1. The lowest BCUT2D eigenvalue weighted by Crippen LogP contribution is -2.35. The molecule has 2 rings (SSSR count). The molecule has 4 N–H and O–H groups in total. The Morgan fingerprint density at radius 3 is 2.59 bits per heavy atom. The summed E-state index contributed by atoms with van der Waals surface area (Å²) in [6, 6.07) is 8.03. The SMILES string of the molecule is CN(N)/C=C(\N)c1ccc(C2=CCN(C(=O)CCl)CC2)cc1. The van der Waals surface area contributed by atoms with E-state index in [0.29, 0.717) is 18.8 Å². The van der Waals surface area contributed by atoms with Gasteiger partial charge in [0.15, 0.2) is 0 Å². The molecule has 1 aromatic carbocycles. The lowest BCUT2D eigenvalue weighted by molar-refractivity contribution is -0.128. The Morgan fingerprint density at radius 1 is 1.41 bits per heavy atom. The first kappa shape index (κ1) is 16.4. The van der Waals surface area contributed by atoms with Gasteiger partial charge in [-0.2, -0.15) is 0 Å². The fourth-order valence-electron chi connectivity index (χ4n) is 2.41. The van der Waals surface area contributed by atoms with Crippen molar-refractivity contribution in [2.24, 2.45) is 11.6 Å². The number of hydrazine groups is 1. The lowest BCUT2D eigenvalue weighted by Gasteiger charge is -2.26. The second-order valence-electron chi connectivity index (χ2n) is 5.28. The zero-order chi connectivity index (χ0) is 16.1. The highest BCUT2D eigenvalue weighted by Gasteiger charge is 2.16. The molecule has 1 aliphatic rings. The summed E-state index contributed by atoms with van der Waals surface area (Å²) < 4.78 is 0. The van der Waals surface area contributed by atoms with Crippen molar-refractivity contribution in [3.8, 4) is 0 Å². The van der Waals surface area contributed by atoms with E-state index >= 15 is 0 Å². The monoisotopic (exact) mass is 320 g/mol. The van der Waals surface area contributed by atoms with Crippen molar-refractivity contribution in [2.45, 2.75) is 6.42 Å². The second kappa shape index (κ2) is 7.33. The van der Waals surface area contributed by atoms with E-state index in [2.05, 4.69) is 6.08 Å². The van der Waals surface area contributed by atoms with Gasteiger partial charge < -0.3 is 15.6 Å². The molecule has 0 unspecified atom stereocenters. The first-order chi connectivity index (χ1) is 10.5. The van der Waals surface area contributed by atoms with E-state index in [-0.39, 0.29) is 11.8 Å². The van der Waals surface area contributed by atoms with Gasteiger partial charge >= 0.3 is 0 Å². The van der Waals surface area contributed by atoms with Gasteiger partial charge in [0.05, 0.1) is 5.70 Å². The maximum absolute atomic E-state index is 11.5. The number of nitrogens with zero attached hydrogens (tertiary/aromatic N) is 2. The fraction of sp³-hybridized carbons (Fsp3) is 0.312. The zero-order valence-electron chi connectivity index (χ0n) is 12.6. The average molecular weight is 321 g/mol. The Kier molecular flexibility index (Phi) is 5.46. The van der Waals surface area contributed by atoms with Crippen LogP contribution in [0.3, 0.4) is 0 Å². The molecule has 0 radical (unpaired) electrons. The minimum Gasteiger partial charge on any atom is -0.397 e. The number of benzene rings is 1. The van der Waals surface area contributed by atoms with E-state index in [1.54, 1.807) is 18.1 Å². The van der Waals surface area contributed by atoms with E-state index in [1.807, 2.05) is 24.3 Å². The number of hydrogen-bond acceptors (Lipinski definition) is 4. The number of rotatable bonds is 4. The van der Waals surface area contributed by atoms with Crippen LogP contribution in [0.2, 0.25) is 0 Å². The molecular formula is C16H21ClN4O. The van der Waals surface area contributed by atoms with Crippen LogP contribution in [0, 0.1) is 0 Å². The van der Waals surface area contributed by atoms with Gasteiger partial charge in [-0.05, 0) is 23.1 Å². The highest BCUT2D eigenvalue weighted by Crippen LogP contribution is 2.23. The third kappa shape index (κ3) is 4.02. The van der Waals surface area contributed by atoms with Gasteiger partial charge in [-0.1, -0.05) is 30.3 Å². The quantitative estimate of drug-likeness (QED) is 0.502. The summed E-state index contributed by atoms with van der Waals surface area (Å²) in [6.45, 7) is 1.32. The van der Waals surface area contributed by atoms with Gasteiger partial charge in [0, 0.05) is 26.3 Å². The number of amides is 1. The van der Waals surface area contributed by atoms with Crippen LogP contribution in [-0.4, -0.2) is 41.8 Å². The Hall–Kier alpha value is -1.98. The van der Waals surface area contributed by atoms with Crippen LogP contribution in [0.5, 0.6) is 0 Å². The summed E-state index contributed by atoms with van der Waals surface area (Å²) in [6.07, 6.45) is 4.58. The third-order valence-electron chi connectivity index (χ3n) is 3.61. The molecule has 0 saturated carbocycles. The molecule has 1 heterocycles. The second-order valence-corrected chi connectivity index (χ2v) is 5.55. The van der Waals surface area contributed by atoms with Crippen LogP contribution in [0.4, 0.5) is 0 Å². The number of hydrogen-bond donors (Lipinski definition) is 2. The van der Waals surface area contributed by atoms with Crippen LogP contribution >= 0.6 is 11.6 Å². The molecule has 0 aliphatic carbocycles. The largest absolute Gasteiger partial charge is 0.397 e. The standard InChI is InChI=1S/C16H21ClN4O/c1-20(19)11-15(18)14-4-2-12(3-5-14)13-6-8-21(9-7-13)16(22)10-17/h2-6,11H,7-10,18-19H2,1H3/b15-11-. The van der Waals surface area contributed by atoms with E-state index < -0.39 is 0 Å². The van der Waals surface area contributed by atoms with Crippen molar-refractivity contribution >= 4 is 28.8 Å². The summed E-state index contributed by atoms with van der Waals surface area (Å²) in [4.78, 5) is 13.3. The molecule has 0 aromatic heterocycles. The fourth-order valence-corrected chi connectivity index (χ4v) is 2.58. The predicted molar refractivity (Wildman–Crippen MR) is 90.5 cm³/mol. The number of carbonyl (C=O) groups is 1. The van der Waals surface area contributed by atoms with Gasteiger partial charge in [-0.25, -0.2) is 5.84 Å². The number of nitrogens with two attached hydrogens (primary N) is 2. The Balaban J connectivity index is 2.09. The molecule has 0 fully saturated rings. The van der Waals surface area contributed by atoms with E-state index in [1.165, 1.54) is 10.6 Å². The Bertz CT molecular complexity index is 593. The summed E-state index contributed by atoms with van der Waals surface area (Å²) in [5.74, 6) is 5.58. The normalized spacial score (nSPS) is 15.5. The minimum atomic E-state index is -0.0175. The predicted octanol–water partition coefficient (Wildman–Crippen LogP) is 1.60. The first-order valence-electron chi connectivity index (χ1n) is 7.09. The maximum Gasteiger partial charge on any atom is 0.237 e. The molecule has 0 atom stereocenters. The molecule has 6 heteroatoms. The van der Waals surface area contributed by atoms with Gasteiger partial charge in [0.25, 0.3) is 0 Å². The van der Waals surface area contributed by atoms with Crippen LogP contribution in [0.25, 0.3) is 11.3 Å². The van der Waals surface area contributed by atoms with Crippen molar-refractivity contribution in [1.82, 2.24) is 9.91 Å². The van der Waals surface area contributed by atoms with E-state index in [0.717, 1.165) is 17.5 Å². The van der Waals surface area contributed by atoms with Crippen LogP contribution in [0.15, 0.2) is 36.5 Å². The summed E-state index contributed by atoms with van der Waals surface area (Å²) >= 11 is 5.58. The van der Waals surface area contributed by atoms with Gasteiger partial charge in [0.2, 0.25) is 5.91 Å². The molecule has 22 heavy (non-hydrogen) atoms. The van der Waals surface area contributed by atoms with Crippen molar-refractivity contribution in [3.63, 3.8) is 0 Å². The molecule has 0 bridgehead atoms. The Labute approximate surface area is 135 Å². The summed E-state index contributed by atoms with van der Waals surface area (Å²) in [5, 5.41) is 1.43. The van der Waals surface area contributed by atoms with Gasteiger partial charge in [-0.3, -0.25) is 4.79 Å². The van der Waals surface area contributed by atoms with Crippen molar-refractivity contribution < 1.29 is 4.79 Å². The summed E-state index contributed by atoms with van der Waals surface area (Å²) in [5.41, 5.74) is 9.89. The molecule has 1 aliphatic heterocycles. The minimum absolute atomic E-state index is 0.0175. The summed E-state index contributed by atoms with van der Waals surface area (Å²) in [7, 11) is 1.72. The van der Waals surface area contributed by atoms with E-state index in [9.17, 15) is 4.79 Å². The third-order valence-corrected chi connectivity index (χ3v) is 3.84. The number of halogens is 1. The van der Waals surface area contributed by atoms with Crippen LogP contribution in [-0.2, 0) is 4.79 Å². The van der Waals surface area contributed by atoms with E-state index in [4.69, 9.17) is 23.2 Å². The molecule has 1 aromatic rings. The van der Waals surface area contributed by atoms with Crippen LogP contribution in [0.1, 0.15) is 17.5 Å². The van der Waals surface area contributed by atoms with Crippen molar-refractivity contribution in [2.75, 3.05) is 26.0 Å². The average Bonchev–Trinajstić information content (AvgIpc) is 2.54. The first-order valence-corrected chi connectivity index (χ1v) is 7.63. The highest BCUT2D eigenvalue weighted by molar-refractivity contribution is 6.27. The maximum atomic E-state index is 11.5. The molecular weight excluding hydrogens is 300 g/mol. The highest BCUT2D eigenvalue weighted by atomic mass is 35.5. The van der Waals surface area contributed by atoms with Crippen molar-refractivity contribution in [3.05, 3.63) is 47.7 Å². The van der Waals surface area contributed by atoms with Gasteiger partial charge in [-0.15, -0.1) is 11.6 Å². The van der Waals surface area contributed by atoms with Gasteiger partial charge in [0.1, 0.15) is 5.88 Å². The van der Waals surface area contributed by atoms with Crippen molar-refractivity contribution in [1.29, 1.82) is 0 Å². The molecule has 118 valence electrons. The van der Waals surface area contributed by atoms with Crippen LogP contribution < -0.4 is 11.6 Å². The number of carbonyl (C=O) groups excluding carboxylic acids is 1. The Morgan fingerprint density at radius 2 is 2.09 bits per heavy atom. The smallest absolute Gasteiger partial charge is 0.237 e. The molecule has 5 nitrogen and oxygen atoms in total. The molecule has 1 amide bonds. The lowest BCUT2D eigenvalue weighted by atomic mass is 9.98. The zero-order valence-corrected chi connectivity index (χ0v) is 13.4. The molecule has 0 saturated heterocycles. The topological polar surface area (TPSA) is 75.6 Å².